The van der Waals surface area contributed by atoms with Crippen LogP contribution in [0.2, 0.25) is 0 Å². The van der Waals surface area contributed by atoms with Crippen molar-refractivity contribution in [2.45, 2.75) is 59.3 Å². The molecule has 0 spiro atoms. The number of halogens is 1. The number of rotatable bonds is 9. The first-order chi connectivity index (χ1) is 9.56. The lowest BCUT2D eigenvalue weighted by Gasteiger charge is -2.11. The molecule has 0 aliphatic rings. The molecule has 20 heavy (non-hydrogen) atoms. The van der Waals surface area contributed by atoms with E-state index in [4.69, 9.17) is 4.74 Å². The lowest BCUT2D eigenvalue weighted by Crippen LogP contribution is -2.04. The number of benzene rings is 1. The van der Waals surface area contributed by atoms with Gasteiger partial charge < -0.3 is 4.74 Å². The number of hydrogen-bond acceptors (Lipinski definition) is 2. The summed E-state index contributed by atoms with van der Waals surface area (Å²) in [5.74, 6) is -0.0195. The second-order valence-electron chi connectivity index (χ2n) is 5.27. The highest BCUT2D eigenvalue weighted by Gasteiger charge is 2.12. The van der Waals surface area contributed by atoms with Crippen molar-refractivity contribution in [2.24, 2.45) is 0 Å². The minimum absolute atomic E-state index is 0.165. The average molecular weight is 280 g/mol. The lowest BCUT2D eigenvalue weighted by molar-refractivity contribution is 0.101. The molecule has 3 heteroatoms. The molecule has 112 valence electrons. The number of Topliss-reactive ketones (excluding diaryl/α,β-unsaturated/α-hetero) is 1. The first kappa shape index (κ1) is 16.7. The molecule has 0 saturated heterocycles. The van der Waals surface area contributed by atoms with Gasteiger partial charge in [-0.3, -0.25) is 4.79 Å². The Balaban J connectivity index is 2.47. The summed E-state index contributed by atoms with van der Waals surface area (Å²) >= 11 is 0. The Morgan fingerprint density at radius 1 is 1.15 bits per heavy atom. The Morgan fingerprint density at radius 3 is 2.45 bits per heavy atom. The Hall–Kier alpha value is -1.38. The van der Waals surface area contributed by atoms with Crippen LogP contribution in [0.1, 0.15) is 68.3 Å². The lowest BCUT2D eigenvalue weighted by atomic mass is 10.1. The quantitative estimate of drug-likeness (QED) is 0.466. The molecule has 0 atom stereocenters. The second kappa shape index (κ2) is 8.72. The molecular formula is C17H25FO2. The summed E-state index contributed by atoms with van der Waals surface area (Å²) in [6.07, 6.45) is 7.12. The zero-order valence-corrected chi connectivity index (χ0v) is 12.8. The van der Waals surface area contributed by atoms with Crippen molar-refractivity contribution in [1.82, 2.24) is 0 Å². The number of ketones is 1. The minimum atomic E-state index is -0.359. The van der Waals surface area contributed by atoms with Crippen molar-refractivity contribution in [3.63, 3.8) is 0 Å². The molecule has 1 aromatic carbocycles. The molecule has 0 N–H and O–H groups in total. The van der Waals surface area contributed by atoms with Gasteiger partial charge in [-0.15, -0.1) is 0 Å². The molecule has 0 saturated carbocycles. The summed E-state index contributed by atoms with van der Waals surface area (Å²) in [6.45, 7) is 5.89. The summed E-state index contributed by atoms with van der Waals surface area (Å²) in [5, 5.41) is 0. The highest BCUT2D eigenvalue weighted by Crippen LogP contribution is 2.23. The van der Waals surface area contributed by atoms with Crippen LogP contribution in [0.3, 0.4) is 0 Å². The van der Waals surface area contributed by atoms with E-state index in [1.165, 1.54) is 38.7 Å². The van der Waals surface area contributed by atoms with E-state index in [-0.39, 0.29) is 11.6 Å². The zero-order valence-electron chi connectivity index (χ0n) is 12.8. The van der Waals surface area contributed by atoms with Crippen molar-refractivity contribution in [3.8, 4) is 5.75 Å². The summed E-state index contributed by atoms with van der Waals surface area (Å²) < 4.78 is 19.1. The third kappa shape index (κ3) is 5.32. The maximum Gasteiger partial charge on any atom is 0.163 e. The van der Waals surface area contributed by atoms with Crippen LogP contribution < -0.4 is 4.74 Å². The Morgan fingerprint density at radius 2 is 1.80 bits per heavy atom. The highest BCUT2D eigenvalue weighted by atomic mass is 19.1. The van der Waals surface area contributed by atoms with Gasteiger partial charge in [-0.05, 0) is 38.0 Å². The van der Waals surface area contributed by atoms with E-state index >= 15 is 0 Å². The van der Waals surface area contributed by atoms with E-state index in [0.717, 1.165) is 12.8 Å². The molecule has 1 aromatic rings. The summed E-state index contributed by atoms with van der Waals surface area (Å²) in [6, 6.07) is 2.89. The number of aryl methyl sites for hydroxylation is 1. The summed E-state index contributed by atoms with van der Waals surface area (Å²) in [7, 11) is 0. The van der Waals surface area contributed by atoms with Crippen LogP contribution in [0.15, 0.2) is 12.1 Å². The molecule has 0 bridgehead atoms. The van der Waals surface area contributed by atoms with E-state index in [0.29, 0.717) is 23.5 Å². The molecule has 2 nitrogen and oxygen atoms in total. The smallest absolute Gasteiger partial charge is 0.163 e. The third-order valence-corrected chi connectivity index (χ3v) is 3.40. The second-order valence-corrected chi connectivity index (χ2v) is 5.27. The maximum atomic E-state index is 13.5. The molecule has 0 aliphatic heterocycles. The van der Waals surface area contributed by atoms with Gasteiger partial charge in [0.2, 0.25) is 0 Å². The van der Waals surface area contributed by atoms with E-state index in [9.17, 15) is 9.18 Å². The van der Waals surface area contributed by atoms with Crippen molar-refractivity contribution in [1.29, 1.82) is 0 Å². The van der Waals surface area contributed by atoms with E-state index < -0.39 is 0 Å². The molecule has 0 radical (unpaired) electrons. The fraction of sp³-hybridized carbons (Fsp3) is 0.588. The summed E-state index contributed by atoms with van der Waals surface area (Å²) in [4.78, 5) is 11.5. The van der Waals surface area contributed by atoms with Crippen LogP contribution in [-0.2, 0) is 0 Å². The van der Waals surface area contributed by atoms with E-state index in [1.807, 2.05) is 0 Å². The van der Waals surface area contributed by atoms with Crippen LogP contribution in [0.25, 0.3) is 0 Å². The van der Waals surface area contributed by atoms with Gasteiger partial charge in [0.05, 0.1) is 12.2 Å². The number of unbranched alkanes of at least 4 members (excludes halogenated alkanes) is 5. The molecule has 0 fully saturated rings. The minimum Gasteiger partial charge on any atom is -0.493 e. The van der Waals surface area contributed by atoms with E-state index in [1.54, 1.807) is 13.0 Å². The Kier molecular flexibility index (Phi) is 7.27. The largest absolute Gasteiger partial charge is 0.493 e. The molecular weight excluding hydrogens is 255 g/mol. The molecule has 1 rings (SSSR count). The van der Waals surface area contributed by atoms with Gasteiger partial charge in [0.15, 0.2) is 5.78 Å². The molecule has 0 aliphatic carbocycles. The van der Waals surface area contributed by atoms with Crippen LogP contribution in [0.5, 0.6) is 5.75 Å². The third-order valence-electron chi connectivity index (χ3n) is 3.40. The Labute approximate surface area is 121 Å². The molecule has 0 heterocycles. The number of carbonyl (C=O) groups is 1. The van der Waals surface area contributed by atoms with Crippen LogP contribution in [0.4, 0.5) is 4.39 Å². The monoisotopic (exact) mass is 280 g/mol. The molecule has 0 amide bonds. The maximum absolute atomic E-state index is 13.5. The van der Waals surface area contributed by atoms with Crippen LogP contribution >= 0.6 is 0 Å². The van der Waals surface area contributed by atoms with Crippen molar-refractivity contribution in [2.75, 3.05) is 6.61 Å². The van der Waals surface area contributed by atoms with Gasteiger partial charge in [-0.2, -0.15) is 0 Å². The van der Waals surface area contributed by atoms with Gasteiger partial charge >= 0.3 is 0 Å². The van der Waals surface area contributed by atoms with E-state index in [2.05, 4.69) is 6.92 Å². The highest BCUT2D eigenvalue weighted by molar-refractivity contribution is 5.96. The predicted octanol–water partition coefficient (Wildman–Crippen LogP) is 5.08. The van der Waals surface area contributed by atoms with Gasteiger partial charge in [0, 0.05) is 0 Å². The average Bonchev–Trinajstić information content (AvgIpc) is 2.41. The normalized spacial score (nSPS) is 10.6. The standard InChI is InChI=1S/C17H25FO2/c1-4-5-6-7-8-9-10-20-17-11-13(2)16(18)12-15(17)14(3)19/h11-12H,4-10H2,1-3H3. The van der Waals surface area contributed by atoms with Gasteiger partial charge in [0.1, 0.15) is 11.6 Å². The number of hydrogen-bond donors (Lipinski definition) is 0. The van der Waals surface area contributed by atoms with Gasteiger partial charge in [0.25, 0.3) is 0 Å². The first-order valence-corrected chi connectivity index (χ1v) is 7.50. The van der Waals surface area contributed by atoms with Crippen molar-refractivity contribution < 1.29 is 13.9 Å². The van der Waals surface area contributed by atoms with Crippen LogP contribution in [-0.4, -0.2) is 12.4 Å². The van der Waals surface area contributed by atoms with Gasteiger partial charge in [-0.25, -0.2) is 4.39 Å². The van der Waals surface area contributed by atoms with Crippen molar-refractivity contribution in [3.05, 3.63) is 29.1 Å². The Bertz CT molecular complexity index is 441. The molecule has 0 aromatic heterocycles. The SMILES string of the molecule is CCCCCCCCOc1cc(C)c(F)cc1C(C)=O. The molecule has 0 unspecified atom stereocenters. The predicted molar refractivity (Wildman–Crippen MR) is 80.0 cm³/mol. The summed E-state index contributed by atoms with van der Waals surface area (Å²) in [5.41, 5.74) is 0.840. The first-order valence-electron chi connectivity index (χ1n) is 7.50. The van der Waals surface area contributed by atoms with Crippen molar-refractivity contribution >= 4 is 5.78 Å². The number of carbonyl (C=O) groups excluding carboxylic acids is 1. The zero-order chi connectivity index (χ0) is 15.0. The fourth-order valence-corrected chi connectivity index (χ4v) is 2.11. The fourth-order valence-electron chi connectivity index (χ4n) is 2.11. The van der Waals surface area contributed by atoms with Crippen LogP contribution in [0, 0.1) is 12.7 Å². The number of ether oxygens (including phenoxy) is 1. The topological polar surface area (TPSA) is 26.3 Å². The van der Waals surface area contributed by atoms with Gasteiger partial charge in [-0.1, -0.05) is 39.0 Å².